The Morgan fingerprint density at radius 1 is 1.47 bits per heavy atom. The van der Waals surface area contributed by atoms with E-state index in [0.29, 0.717) is 19.1 Å². The summed E-state index contributed by atoms with van der Waals surface area (Å²) in [6.45, 7) is 1.99. The van der Waals surface area contributed by atoms with Crippen molar-refractivity contribution < 1.29 is 9.53 Å². The Bertz CT molecular complexity index is 338. The third kappa shape index (κ3) is 2.36. The van der Waals surface area contributed by atoms with Crippen molar-refractivity contribution in [3.05, 3.63) is 35.4 Å². The second-order valence-corrected chi connectivity index (χ2v) is 3.71. The molecule has 15 heavy (non-hydrogen) atoms. The Morgan fingerprint density at radius 3 is 3.20 bits per heavy atom. The lowest BCUT2D eigenvalue weighted by Crippen LogP contribution is -2.30. The van der Waals surface area contributed by atoms with E-state index in [1.165, 1.54) is 11.1 Å². The second-order valence-electron chi connectivity index (χ2n) is 3.71. The van der Waals surface area contributed by atoms with E-state index in [1.807, 2.05) is 0 Å². The van der Waals surface area contributed by atoms with Gasteiger partial charge in [-0.15, -0.1) is 0 Å². The van der Waals surface area contributed by atoms with E-state index in [9.17, 15) is 4.79 Å². The minimum absolute atomic E-state index is 0.329. The lowest BCUT2D eigenvalue weighted by atomic mass is 9.93. The van der Waals surface area contributed by atoms with Gasteiger partial charge in [0.2, 0.25) is 0 Å². The van der Waals surface area contributed by atoms with Gasteiger partial charge in [0.25, 0.3) is 6.47 Å². The molecule has 1 N–H and O–H groups in total. The average molecular weight is 205 g/mol. The molecule has 1 heterocycles. The number of ether oxygens (including phenoxy) is 1. The lowest BCUT2D eigenvalue weighted by Gasteiger charge is -2.26. The molecule has 0 aliphatic carbocycles. The number of benzene rings is 1. The van der Waals surface area contributed by atoms with Crippen molar-refractivity contribution in [2.24, 2.45) is 0 Å². The number of fused-ring (bicyclic) bond motifs is 1. The topological polar surface area (TPSA) is 38.3 Å². The molecule has 80 valence electrons. The first-order valence-electron chi connectivity index (χ1n) is 5.28. The molecule has 3 nitrogen and oxygen atoms in total. The molecule has 2 rings (SSSR count). The molecule has 3 heteroatoms. The summed E-state index contributed by atoms with van der Waals surface area (Å²) >= 11 is 0. The average Bonchev–Trinajstić information content (AvgIpc) is 2.30. The maximum Gasteiger partial charge on any atom is 0.293 e. The smallest absolute Gasteiger partial charge is 0.293 e. The first-order chi connectivity index (χ1) is 7.42. The van der Waals surface area contributed by atoms with Crippen LogP contribution in [-0.4, -0.2) is 19.6 Å². The Kier molecular flexibility index (Phi) is 3.35. The molecule has 0 fully saturated rings. The van der Waals surface area contributed by atoms with E-state index in [0.717, 1.165) is 19.4 Å². The number of nitrogens with one attached hydrogen (secondary N) is 1. The highest BCUT2D eigenvalue weighted by Crippen LogP contribution is 2.24. The molecule has 0 bridgehead atoms. The van der Waals surface area contributed by atoms with Gasteiger partial charge in [-0.3, -0.25) is 4.79 Å². The van der Waals surface area contributed by atoms with Gasteiger partial charge in [0, 0.05) is 12.5 Å². The van der Waals surface area contributed by atoms with E-state index >= 15 is 0 Å². The Hall–Kier alpha value is -1.35. The molecular weight excluding hydrogens is 190 g/mol. The standard InChI is InChI=1S/C12H15NO2/c14-9-15-8-6-12-11-4-2-1-3-10(11)5-7-13-12/h1-4,9,12-13H,5-8H2. The molecule has 1 aliphatic heterocycles. The number of rotatable bonds is 4. The first kappa shape index (κ1) is 10.2. The van der Waals surface area contributed by atoms with E-state index in [1.54, 1.807) is 0 Å². The summed E-state index contributed by atoms with van der Waals surface area (Å²) < 4.78 is 4.73. The van der Waals surface area contributed by atoms with Crippen molar-refractivity contribution in [2.45, 2.75) is 18.9 Å². The molecule has 0 radical (unpaired) electrons. The summed E-state index contributed by atoms with van der Waals surface area (Å²) in [5, 5.41) is 3.44. The van der Waals surface area contributed by atoms with Crippen molar-refractivity contribution in [1.29, 1.82) is 0 Å². The molecule has 1 aromatic carbocycles. The highest BCUT2D eigenvalue weighted by atomic mass is 16.5. The van der Waals surface area contributed by atoms with Gasteiger partial charge in [0.05, 0.1) is 6.61 Å². The number of hydrogen-bond acceptors (Lipinski definition) is 3. The minimum atomic E-state index is 0.329. The highest BCUT2D eigenvalue weighted by Gasteiger charge is 2.18. The number of hydrogen-bond donors (Lipinski definition) is 1. The van der Waals surface area contributed by atoms with Gasteiger partial charge in [-0.1, -0.05) is 24.3 Å². The molecule has 1 aliphatic rings. The fourth-order valence-corrected chi connectivity index (χ4v) is 2.08. The fourth-order valence-electron chi connectivity index (χ4n) is 2.08. The molecular formula is C12H15NO2. The Balaban J connectivity index is 2.05. The van der Waals surface area contributed by atoms with Crippen LogP contribution in [0.1, 0.15) is 23.6 Å². The Labute approximate surface area is 89.4 Å². The third-order valence-electron chi connectivity index (χ3n) is 2.81. The van der Waals surface area contributed by atoms with Crippen molar-refractivity contribution in [1.82, 2.24) is 5.32 Å². The van der Waals surface area contributed by atoms with Gasteiger partial charge >= 0.3 is 0 Å². The van der Waals surface area contributed by atoms with Crippen molar-refractivity contribution in [3.63, 3.8) is 0 Å². The molecule has 1 atom stereocenters. The van der Waals surface area contributed by atoms with E-state index in [-0.39, 0.29) is 0 Å². The lowest BCUT2D eigenvalue weighted by molar-refractivity contribution is -0.128. The zero-order chi connectivity index (χ0) is 10.5. The van der Waals surface area contributed by atoms with Crippen LogP contribution in [0.4, 0.5) is 0 Å². The summed E-state index contributed by atoms with van der Waals surface area (Å²) in [5.74, 6) is 0. The minimum Gasteiger partial charge on any atom is -0.468 e. The van der Waals surface area contributed by atoms with Gasteiger partial charge in [-0.05, 0) is 24.1 Å². The van der Waals surface area contributed by atoms with Gasteiger partial charge in [0.15, 0.2) is 0 Å². The third-order valence-corrected chi connectivity index (χ3v) is 2.81. The zero-order valence-corrected chi connectivity index (χ0v) is 8.61. The van der Waals surface area contributed by atoms with Crippen LogP contribution in [0.2, 0.25) is 0 Å². The monoisotopic (exact) mass is 205 g/mol. The fraction of sp³-hybridized carbons (Fsp3) is 0.417. The Morgan fingerprint density at radius 2 is 2.33 bits per heavy atom. The van der Waals surface area contributed by atoms with Crippen LogP contribution < -0.4 is 5.32 Å². The van der Waals surface area contributed by atoms with Crippen LogP contribution in [-0.2, 0) is 16.0 Å². The van der Waals surface area contributed by atoms with E-state index in [4.69, 9.17) is 4.74 Å². The first-order valence-corrected chi connectivity index (χ1v) is 5.28. The molecule has 0 amide bonds. The largest absolute Gasteiger partial charge is 0.468 e. The summed E-state index contributed by atoms with van der Waals surface area (Å²) in [7, 11) is 0. The van der Waals surface area contributed by atoms with Gasteiger partial charge in [-0.25, -0.2) is 0 Å². The van der Waals surface area contributed by atoms with E-state index < -0.39 is 0 Å². The molecule has 0 saturated heterocycles. The maximum atomic E-state index is 10.0. The van der Waals surface area contributed by atoms with Crippen LogP contribution in [0, 0.1) is 0 Å². The van der Waals surface area contributed by atoms with Gasteiger partial charge in [-0.2, -0.15) is 0 Å². The number of carbonyl (C=O) groups excluding carboxylic acids is 1. The van der Waals surface area contributed by atoms with Crippen LogP contribution >= 0.6 is 0 Å². The molecule has 1 unspecified atom stereocenters. The normalized spacial score (nSPS) is 19.3. The molecule has 0 saturated carbocycles. The summed E-state index contributed by atoms with van der Waals surface area (Å²) in [6.07, 6.45) is 1.93. The van der Waals surface area contributed by atoms with Crippen LogP contribution in [0.15, 0.2) is 24.3 Å². The van der Waals surface area contributed by atoms with Gasteiger partial charge in [0.1, 0.15) is 0 Å². The van der Waals surface area contributed by atoms with E-state index in [2.05, 4.69) is 29.6 Å². The highest BCUT2D eigenvalue weighted by molar-refractivity contribution is 5.37. The van der Waals surface area contributed by atoms with Crippen LogP contribution in [0.5, 0.6) is 0 Å². The number of carbonyl (C=O) groups is 1. The van der Waals surface area contributed by atoms with Crippen molar-refractivity contribution in [2.75, 3.05) is 13.2 Å². The predicted molar refractivity (Wildman–Crippen MR) is 57.5 cm³/mol. The SMILES string of the molecule is O=COCCC1NCCc2ccccc21. The molecule has 1 aromatic rings. The molecule has 0 spiro atoms. The quantitative estimate of drug-likeness (QED) is 0.597. The summed E-state index contributed by atoms with van der Waals surface area (Å²) in [4.78, 5) is 10.0. The summed E-state index contributed by atoms with van der Waals surface area (Å²) in [6, 6.07) is 8.77. The van der Waals surface area contributed by atoms with Crippen molar-refractivity contribution in [3.8, 4) is 0 Å². The molecule has 0 aromatic heterocycles. The maximum absolute atomic E-state index is 10.0. The summed E-state index contributed by atoms with van der Waals surface area (Å²) in [5.41, 5.74) is 2.76. The predicted octanol–water partition coefficient (Wildman–Crippen LogP) is 1.44. The second kappa shape index (κ2) is 4.94. The zero-order valence-electron chi connectivity index (χ0n) is 8.61. The van der Waals surface area contributed by atoms with Crippen LogP contribution in [0.25, 0.3) is 0 Å². The van der Waals surface area contributed by atoms with Crippen molar-refractivity contribution >= 4 is 6.47 Å². The van der Waals surface area contributed by atoms with Gasteiger partial charge < -0.3 is 10.1 Å². The van der Waals surface area contributed by atoms with Crippen LogP contribution in [0.3, 0.4) is 0 Å².